The Kier molecular flexibility index (Phi) is 4.37. The number of halogens is 1. The van der Waals surface area contributed by atoms with Gasteiger partial charge in [0.15, 0.2) is 11.6 Å². The van der Waals surface area contributed by atoms with E-state index in [0.717, 1.165) is 6.29 Å². The highest BCUT2D eigenvalue weighted by atomic mass is 35.5. The van der Waals surface area contributed by atoms with Gasteiger partial charge in [-0.05, 0) is 0 Å². The third-order valence-electron chi connectivity index (χ3n) is 1.72. The number of pyridine rings is 1. The molecule has 0 unspecified atom stereocenters. The van der Waals surface area contributed by atoms with E-state index >= 15 is 0 Å². The lowest BCUT2D eigenvalue weighted by atomic mass is 10.4. The summed E-state index contributed by atoms with van der Waals surface area (Å²) in [5, 5.41) is 0.515. The fourth-order valence-electron chi connectivity index (χ4n) is 1.07. The Labute approximate surface area is 93.8 Å². The molecule has 1 aromatic rings. The number of hydrogen-bond acceptors (Lipinski definition) is 4. The molecule has 0 aliphatic heterocycles. The van der Waals surface area contributed by atoms with Gasteiger partial charge in [-0.25, -0.2) is 4.98 Å². The van der Waals surface area contributed by atoms with Gasteiger partial charge in [-0.3, -0.25) is 0 Å². The Morgan fingerprint density at radius 3 is 2.93 bits per heavy atom. The van der Waals surface area contributed by atoms with Gasteiger partial charge < -0.3 is 14.4 Å². The summed E-state index contributed by atoms with van der Waals surface area (Å²) in [4.78, 5) is 16.1. The summed E-state index contributed by atoms with van der Waals surface area (Å²) in [5.41, 5.74) is 0. The molecule has 0 N–H and O–H groups in total. The molecule has 0 aliphatic rings. The highest BCUT2D eigenvalue weighted by Crippen LogP contribution is 2.27. The number of rotatable bonds is 5. The number of aldehydes is 1. The Hall–Kier alpha value is -1.29. The van der Waals surface area contributed by atoms with Gasteiger partial charge in [-0.15, -0.1) is 0 Å². The van der Waals surface area contributed by atoms with Crippen LogP contribution in [0.3, 0.4) is 0 Å². The maximum absolute atomic E-state index is 10.1. The van der Waals surface area contributed by atoms with Crippen molar-refractivity contribution in [2.24, 2.45) is 0 Å². The zero-order valence-electron chi connectivity index (χ0n) is 8.74. The highest BCUT2D eigenvalue weighted by Gasteiger charge is 2.08. The third kappa shape index (κ3) is 3.40. The zero-order chi connectivity index (χ0) is 11.3. The van der Waals surface area contributed by atoms with Crippen molar-refractivity contribution in [2.75, 3.05) is 25.6 Å². The molecule has 0 saturated heterocycles. The molecule has 0 aromatic carbocycles. The fraction of sp³-hybridized carbons (Fsp3) is 0.400. The lowest BCUT2D eigenvalue weighted by Crippen LogP contribution is -2.13. The van der Waals surface area contributed by atoms with Crippen LogP contribution in [-0.2, 0) is 4.79 Å². The second kappa shape index (κ2) is 5.56. The first kappa shape index (κ1) is 11.8. The first-order valence-corrected chi connectivity index (χ1v) is 4.92. The minimum Gasteiger partial charge on any atom is -0.489 e. The second-order valence-electron chi connectivity index (χ2n) is 3.17. The third-order valence-corrected chi connectivity index (χ3v) is 1.92. The standard InChI is InChI=1S/C10H13ClN2O2/c1-13(2)10-9(15-5-3-4-14)6-8(11)7-12-10/h4,6-7H,3,5H2,1-2H3. The van der Waals surface area contributed by atoms with E-state index < -0.39 is 0 Å². The van der Waals surface area contributed by atoms with Crippen LogP contribution in [-0.4, -0.2) is 32.0 Å². The maximum Gasteiger partial charge on any atom is 0.170 e. The van der Waals surface area contributed by atoms with Crippen molar-refractivity contribution in [3.63, 3.8) is 0 Å². The predicted molar refractivity (Wildman–Crippen MR) is 59.8 cm³/mol. The van der Waals surface area contributed by atoms with Crippen LogP contribution >= 0.6 is 11.6 Å². The van der Waals surface area contributed by atoms with Crippen LogP contribution in [0, 0.1) is 0 Å². The smallest absolute Gasteiger partial charge is 0.170 e. The van der Waals surface area contributed by atoms with Crippen LogP contribution in [0.15, 0.2) is 12.3 Å². The van der Waals surface area contributed by atoms with Crippen molar-refractivity contribution >= 4 is 23.7 Å². The molecule has 1 heterocycles. The van der Waals surface area contributed by atoms with Gasteiger partial charge in [-0.1, -0.05) is 11.6 Å². The normalized spacial score (nSPS) is 9.80. The molecule has 82 valence electrons. The number of aromatic nitrogens is 1. The van der Waals surface area contributed by atoms with Crippen molar-refractivity contribution in [2.45, 2.75) is 6.42 Å². The molecule has 0 atom stereocenters. The van der Waals surface area contributed by atoms with E-state index in [9.17, 15) is 4.79 Å². The van der Waals surface area contributed by atoms with Crippen molar-refractivity contribution in [1.82, 2.24) is 4.98 Å². The quantitative estimate of drug-likeness (QED) is 0.569. The maximum atomic E-state index is 10.1. The Balaban J connectivity index is 2.82. The molecule has 4 nitrogen and oxygen atoms in total. The Morgan fingerprint density at radius 1 is 1.60 bits per heavy atom. The Morgan fingerprint density at radius 2 is 2.33 bits per heavy atom. The van der Waals surface area contributed by atoms with E-state index in [0.29, 0.717) is 29.6 Å². The molecule has 0 saturated carbocycles. The number of hydrogen-bond donors (Lipinski definition) is 0. The topological polar surface area (TPSA) is 42.4 Å². The molecule has 0 fully saturated rings. The summed E-state index contributed by atoms with van der Waals surface area (Å²) in [6.45, 7) is 0.340. The van der Waals surface area contributed by atoms with Gasteiger partial charge in [0, 0.05) is 32.8 Å². The zero-order valence-corrected chi connectivity index (χ0v) is 9.49. The molecule has 5 heteroatoms. The van der Waals surface area contributed by atoms with Crippen LogP contribution in [0.25, 0.3) is 0 Å². The SMILES string of the molecule is CN(C)c1ncc(Cl)cc1OCCC=O. The summed E-state index contributed by atoms with van der Waals surface area (Å²) in [6, 6.07) is 1.69. The second-order valence-corrected chi connectivity index (χ2v) is 3.61. The van der Waals surface area contributed by atoms with Crippen LogP contribution in [0.2, 0.25) is 5.02 Å². The molecule has 0 aliphatic carbocycles. The number of carbonyl (C=O) groups excluding carboxylic acids is 1. The van der Waals surface area contributed by atoms with Gasteiger partial charge >= 0.3 is 0 Å². The van der Waals surface area contributed by atoms with Crippen LogP contribution in [0.5, 0.6) is 5.75 Å². The summed E-state index contributed by atoms with van der Waals surface area (Å²) in [7, 11) is 3.73. The monoisotopic (exact) mass is 228 g/mol. The first-order chi connectivity index (χ1) is 7.15. The highest BCUT2D eigenvalue weighted by molar-refractivity contribution is 6.30. The minimum absolute atomic E-state index is 0.340. The van der Waals surface area contributed by atoms with Gasteiger partial charge in [0.2, 0.25) is 0 Å². The van der Waals surface area contributed by atoms with E-state index in [1.807, 2.05) is 19.0 Å². The molecule has 0 bridgehead atoms. The van der Waals surface area contributed by atoms with Crippen molar-refractivity contribution in [1.29, 1.82) is 0 Å². The van der Waals surface area contributed by atoms with Gasteiger partial charge in [0.25, 0.3) is 0 Å². The average Bonchev–Trinajstić information content (AvgIpc) is 2.18. The van der Waals surface area contributed by atoms with Gasteiger partial charge in [0.1, 0.15) is 6.29 Å². The molecule has 0 spiro atoms. The lowest BCUT2D eigenvalue weighted by molar-refractivity contribution is -0.108. The summed E-state index contributed by atoms with van der Waals surface area (Å²) >= 11 is 5.80. The van der Waals surface area contributed by atoms with E-state index in [1.54, 1.807) is 12.3 Å². The average molecular weight is 229 g/mol. The fourth-order valence-corrected chi connectivity index (χ4v) is 1.22. The number of anilines is 1. The van der Waals surface area contributed by atoms with Crippen LogP contribution in [0.1, 0.15) is 6.42 Å². The molecule has 15 heavy (non-hydrogen) atoms. The number of carbonyl (C=O) groups is 1. The van der Waals surface area contributed by atoms with E-state index in [4.69, 9.17) is 16.3 Å². The lowest BCUT2D eigenvalue weighted by Gasteiger charge is -2.16. The summed E-state index contributed by atoms with van der Waals surface area (Å²) in [6.07, 6.45) is 2.73. The molecular weight excluding hydrogens is 216 g/mol. The minimum atomic E-state index is 0.340. The largest absolute Gasteiger partial charge is 0.489 e. The van der Waals surface area contributed by atoms with E-state index in [2.05, 4.69) is 4.98 Å². The van der Waals surface area contributed by atoms with E-state index in [1.165, 1.54) is 0 Å². The summed E-state index contributed by atoms with van der Waals surface area (Å²) in [5.74, 6) is 1.29. The molecule has 1 aromatic heterocycles. The van der Waals surface area contributed by atoms with Crippen molar-refractivity contribution in [3.05, 3.63) is 17.3 Å². The van der Waals surface area contributed by atoms with Crippen molar-refractivity contribution in [3.8, 4) is 5.75 Å². The molecule has 0 radical (unpaired) electrons. The molecule has 1 rings (SSSR count). The number of ether oxygens (including phenoxy) is 1. The van der Waals surface area contributed by atoms with Gasteiger partial charge in [0.05, 0.1) is 11.6 Å². The van der Waals surface area contributed by atoms with E-state index in [-0.39, 0.29) is 0 Å². The number of nitrogens with zero attached hydrogens (tertiary/aromatic N) is 2. The summed E-state index contributed by atoms with van der Waals surface area (Å²) < 4.78 is 5.40. The van der Waals surface area contributed by atoms with Crippen LogP contribution < -0.4 is 9.64 Å². The molecular formula is C10H13ClN2O2. The van der Waals surface area contributed by atoms with Crippen LogP contribution in [0.4, 0.5) is 5.82 Å². The predicted octanol–water partition coefficient (Wildman–Crippen LogP) is 1.77. The van der Waals surface area contributed by atoms with Crippen molar-refractivity contribution < 1.29 is 9.53 Å². The molecule has 0 amide bonds. The first-order valence-electron chi connectivity index (χ1n) is 4.54. The Bertz CT molecular complexity index is 342. The van der Waals surface area contributed by atoms with Gasteiger partial charge in [-0.2, -0.15) is 0 Å².